The summed E-state index contributed by atoms with van der Waals surface area (Å²) in [7, 11) is 0. The minimum absolute atomic E-state index is 0.0954. The van der Waals surface area contributed by atoms with E-state index in [0.717, 1.165) is 0 Å². The summed E-state index contributed by atoms with van der Waals surface area (Å²) in [6.07, 6.45) is -6.21. The van der Waals surface area contributed by atoms with Crippen molar-refractivity contribution in [1.82, 2.24) is 9.55 Å². The Hall–Kier alpha value is -1.64. The smallest absolute Gasteiger partial charge is 0.330 e. The molecule has 0 saturated carbocycles. The van der Waals surface area contributed by atoms with Crippen molar-refractivity contribution in [2.45, 2.75) is 68.8 Å². The van der Waals surface area contributed by atoms with Gasteiger partial charge in [0.2, 0.25) is 0 Å². The van der Waals surface area contributed by atoms with Gasteiger partial charge in [-0.2, -0.15) is 0 Å². The summed E-state index contributed by atoms with van der Waals surface area (Å²) in [4.78, 5) is 25.7. The summed E-state index contributed by atoms with van der Waals surface area (Å²) in [6.45, 7) is 2.89. The van der Waals surface area contributed by atoms with Crippen LogP contribution in [0.4, 0.5) is 0 Å². The summed E-state index contributed by atoms with van der Waals surface area (Å²) < 4.78 is 29.8. The maximum Gasteiger partial charge on any atom is 0.330 e. The van der Waals surface area contributed by atoms with E-state index in [1.165, 1.54) is 16.8 Å². The summed E-state index contributed by atoms with van der Waals surface area (Å²) >= 11 is 0. The molecule has 4 rings (SSSR count). The van der Waals surface area contributed by atoms with Gasteiger partial charge >= 0.3 is 5.69 Å². The van der Waals surface area contributed by atoms with Gasteiger partial charge in [0.15, 0.2) is 18.3 Å². The van der Waals surface area contributed by atoms with E-state index in [9.17, 15) is 19.8 Å². The zero-order valence-electron chi connectivity index (χ0n) is 15.8. The van der Waals surface area contributed by atoms with E-state index in [4.69, 9.17) is 28.8 Å². The maximum absolute atomic E-state index is 12.2. The molecule has 3 saturated heterocycles. The first-order chi connectivity index (χ1) is 13.7. The van der Waals surface area contributed by atoms with E-state index in [1.807, 2.05) is 0 Å². The van der Waals surface area contributed by atoms with Crippen molar-refractivity contribution >= 4 is 0 Å². The summed E-state index contributed by atoms with van der Waals surface area (Å²) in [5.74, 6) is -0.928. The highest BCUT2D eigenvalue weighted by Gasteiger charge is 2.56. The number of hydrogen-bond acceptors (Lipinski definition) is 10. The monoisotopic (exact) mass is 416 g/mol. The molecule has 0 bridgehead atoms. The molecule has 1 aromatic rings. The van der Waals surface area contributed by atoms with Crippen molar-refractivity contribution in [2.24, 2.45) is 0 Å². The molecular formula is C17H24N2O10. The molecule has 12 nitrogen and oxygen atoms in total. The Labute approximate surface area is 164 Å². The van der Waals surface area contributed by atoms with E-state index in [0.29, 0.717) is 0 Å². The van der Waals surface area contributed by atoms with Crippen LogP contribution in [0.15, 0.2) is 21.9 Å². The van der Waals surface area contributed by atoms with Gasteiger partial charge in [-0.25, -0.2) is 4.79 Å². The first kappa shape index (κ1) is 20.6. The number of rotatable bonds is 5. The minimum atomic E-state index is -1.33. The molecule has 0 unspecified atom stereocenters. The Morgan fingerprint density at radius 2 is 1.86 bits per heavy atom. The molecule has 1 aromatic heterocycles. The van der Waals surface area contributed by atoms with Gasteiger partial charge in [-0.05, 0) is 13.8 Å². The lowest BCUT2D eigenvalue weighted by molar-refractivity contribution is -0.221. The van der Waals surface area contributed by atoms with Crippen molar-refractivity contribution < 1.29 is 39.0 Å². The van der Waals surface area contributed by atoms with Gasteiger partial charge in [0.05, 0.1) is 13.2 Å². The molecule has 29 heavy (non-hydrogen) atoms. The maximum atomic E-state index is 12.2. The number of fused-ring (bicyclic) bond motifs is 1. The second-order valence-electron chi connectivity index (χ2n) is 7.69. The zero-order chi connectivity index (χ0) is 20.9. The Morgan fingerprint density at radius 3 is 2.52 bits per heavy atom. The third kappa shape index (κ3) is 3.78. The average Bonchev–Trinajstić information content (AvgIpc) is 3.23. The van der Waals surface area contributed by atoms with Crippen LogP contribution in [0, 0.1) is 0 Å². The van der Waals surface area contributed by atoms with Crippen LogP contribution in [0.2, 0.25) is 0 Å². The lowest BCUT2D eigenvalue weighted by atomic mass is 10.1. The lowest BCUT2D eigenvalue weighted by Crippen LogP contribution is -2.38. The molecule has 3 aliphatic heterocycles. The number of aromatic nitrogens is 2. The van der Waals surface area contributed by atoms with E-state index in [1.54, 1.807) is 13.8 Å². The molecule has 162 valence electrons. The first-order valence-electron chi connectivity index (χ1n) is 9.27. The number of nitrogens with one attached hydrogen (secondary N) is 1. The molecule has 0 aromatic carbocycles. The molecule has 0 radical (unpaired) electrons. The molecule has 0 amide bonds. The molecule has 3 fully saturated rings. The highest BCUT2D eigenvalue weighted by atomic mass is 16.8. The molecule has 0 spiro atoms. The van der Waals surface area contributed by atoms with Crippen LogP contribution in [-0.4, -0.2) is 86.8 Å². The fraction of sp³-hybridized carbons (Fsp3) is 0.765. The third-order valence-electron chi connectivity index (χ3n) is 5.17. The van der Waals surface area contributed by atoms with Crippen LogP contribution in [0.25, 0.3) is 0 Å². The molecule has 12 heteroatoms. The van der Waals surface area contributed by atoms with Gasteiger partial charge < -0.3 is 39.0 Å². The fourth-order valence-corrected chi connectivity index (χ4v) is 3.84. The van der Waals surface area contributed by atoms with Crippen LogP contribution in [0.5, 0.6) is 0 Å². The highest BCUT2D eigenvalue weighted by Crippen LogP contribution is 2.42. The molecule has 8 atom stereocenters. The van der Waals surface area contributed by atoms with Crippen LogP contribution < -0.4 is 11.2 Å². The number of ether oxygens (including phenoxy) is 5. The number of nitrogens with zero attached hydrogens (tertiary/aromatic N) is 1. The zero-order valence-corrected chi connectivity index (χ0v) is 15.8. The van der Waals surface area contributed by atoms with Gasteiger partial charge in [0, 0.05) is 12.3 Å². The molecule has 3 aliphatic rings. The third-order valence-corrected chi connectivity index (χ3v) is 5.17. The summed E-state index contributed by atoms with van der Waals surface area (Å²) in [5, 5.41) is 29.0. The minimum Gasteiger partial charge on any atom is -0.394 e. The van der Waals surface area contributed by atoms with Gasteiger partial charge in [-0.15, -0.1) is 0 Å². The largest absolute Gasteiger partial charge is 0.394 e. The van der Waals surface area contributed by atoms with E-state index in [2.05, 4.69) is 4.98 Å². The molecule has 4 heterocycles. The van der Waals surface area contributed by atoms with E-state index < -0.39 is 72.8 Å². The van der Waals surface area contributed by atoms with Gasteiger partial charge in [-0.3, -0.25) is 14.3 Å². The Morgan fingerprint density at radius 1 is 1.14 bits per heavy atom. The van der Waals surface area contributed by atoms with Crippen molar-refractivity contribution in [3.8, 4) is 0 Å². The van der Waals surface area contributed by atoms with Crippen molar-refractivity contribution in [3.63, 3.8) is 0 Å². The van der Waals surface area contributed by atoms with Gasteiger partial charge in [0.25, 0.3) is 5.56 Å². The van der Waals surface area contributed by atoms with Crippen molar-refractivity contribution in [3.05, 3.63) is 33.1 Å². The predicted octanol–water partition coefficient (Wildman–Crippen LogP) is -2.59. The number of aromatic amines is 1. The number of H-pyrrole nitrogens is 1. The fourth-order valence-electron chi connectivity index (χ4n) is 3.84. The predicted molar refractivity (Wildman–Crippen MR) is 92.8 cm³/mol. The van der Waals surface area contributed by atoms with Crippen LogP contribution in [-0.2, 0) is 23.7 Å². The van der Waals surface area contributed by atoms with Gasteiger partial charge in [0.1, 0.15) is 36.6 Å². The molecule has 4 N–H and O–H groups in total. The van der Waals surface area contributed by atoms with Crippen molar-refractivity contribution in [1.29, 1.82) is 0 Å². The quantitative estimate of drug-likeness (QED) is 0.401. The normalized spacial score (nSPS) is 41.0. The first-order valence-corrected chi connectivity index (χ1v) is 9.27. The van der Waals surface area contributed by atoms with Crippen LogP contribution >= 0.6 is 0 Å². The number of aliphatic hydroxyl groups excluding tert-OH is 3. The van der Waals surface area contributed by atoms with Crippen LogP contribution in [0.3, 0.4) is 0 Å². The molecule has 0 aliphatic carbocycles. The van der Waals surface area contributed by atoms with Crippen molar-refractivity contribution in [2.75, 3.05) is 13.2 Å². The lowest BCUT2D eigenvalue weighted by Gasteiger charge is -2.25. The van der Waals surface area contributed by atoms with Crippen LogP contribution in [0.1, 0.15) is 20.1 Å². The SMILES string of the molecule is CC1(C)O[C@@H]2[C@H](O1)[C@@H](CO[C@@H]1O[C@H](CO)[C@@H](O)[C@H]1O)O[C@H]2n1ccc(=O)[nH]c1=O. The Balaban J connectivity index is 1.51. The van der Waals surface area contributed by atoms with E-state index >= 15 is 0 Å². The highest BCUT2D eigenvalue weighted by molar-refractivity contribution is 4.99. The number of hydrogen-bond donors (Lipinski definition) is 4. The summed E-state index contributed by atoms with van der Waals surface area (Å²) in [5.41, 5.74) is -1.19. The standard InChI is InChI=1S/C17H24N2O10/c1-17(2)28-12-8(6-25-15-11(23)10(22)7(5-20)27-15)26-14(13(12)29-17)19-4-3-9(21)18-16(19)24/h3-4,7-8,10-15,20,22-23H,5-6H2,1-2H3,(H,18,21,24)/t7-,8-,10-,11-,12-,13-,14-,15-/m1/s1. The number of aliphatic hydroxyl groups is 3. The van der Waals surface area contributed by atoms with Gasteiger partial charge in [-0.1, -0.05) is 0 Å². The molecular weight excluding hydrogens is 392 g/mol. The Kier molecular flexibility index (Phi) is 5.38. The Bertz CT molecular complexity index is 853. The second-order valence-corrected chi connectivity index (χ2v) is 7.69. The second kappa shape index (κ2) is 7.56. The summed E-state index contributed by atoms with van der Waals surface area (Å²) in [6, 6.07) is 1.20. The average molecular weight is 416 g/mol. The van der Waals surface area contributed by atoms with E-state index in [-0.39, 0.29) is 6.61 Å². The topological polar surface area (TPSA) is 162 Å².